The summed E-state index contributed by atoms with van der Waals surface area (Å²) in [6.45, 7) is 0. The Bertz CT molecular complexity index is 646. The average molecular weight is 395 g/mol. The molecule has 0 saturated heterocycles. The zero-order valence-corrected chi connectivity index (χ0v) is 14.7. The van der Waals surface area contributed by atoms with Crippen LogP contribution in [0.1, 0.15) is 0 Å². The summed E-state index contributed by atoms with van der Waals surface area (Å²) in [4.78, 5) is 0. The van der Waals surface area contributed by atoms with Crippen molar-refractivity contribution in [3.05, 3.63) is 73.6 Å². The molecule has 0 aliphatic rings. The minimum atomic E-state index is -0.363. The molecule has 0 heterocycles. The third kappa shape index (κ3) is 3.73. The Balaban J connectivity index is 0.000000162. The van der Waals surface area contributed by atoms with Crippen LogP contribution in [0.5, 0.6) is 5.75 Å². The predicted molar refractivity (Wildman–Crippen MR) is 97.1 cm³/mol. The lowest BCUT2D eigenvalue weighted by Crippen LogP contribution is -1.78. The van der Waals surface area contributed by atoms with Gasteiger partial charge in [0.05, 0.1) is 15.1 Å². The van der Waals surface area contributed by atoms with E-state index in [2.05, 4.69) is 48.5 Å². The number of halogens is 5. The van der Waals surface area contributed by atoms with Gasteiger partial charge >= 0.3 is 0 Å². The monoisotopic (exact) mass is 392 g/mol. The van der Waals surface area contributed by atoms with Crippen LogP contribution in [0.3, 0.4) is 0 Å². The van der Waals surface area contributed by atoms with Crippen molar-refractivity contribution >= 4 is 68.8 Å². The molecule has 0 unspecified atom stereocenters. The van der Waals surface area contributed by atoms with Crippen molar-refractivity contribution in [3.8, 4) is 5.75 Å². The van der Waals surface area contributed by atoms with Gasteiger partial charge in [0, 0.05) is 0 Å². The molecule has 22 heavy (non-hydrogen) atoms. The van der Waals surface area contributed by atoms with Crippen molar-refractivity contribution in [1.29, 1.82) is 0 Å². The number of fused-ring (bicyclic) bond motifs is 1. The van der Waals surface area contributed by atoms with Crippen LogP contribution >= 0.6 is 58.0 Å². The first-order valence-electron chi connectivity index (χ1n) is 6.07. The van der Waals surface area contributed by atoms with E-state index in [0.717, 1.165) is 0 Å². The van der Waals surface area contributed by atoms with E-state index in [9.17, 15) is 5.11 Å². The zero-order valence-electron chi connectivity index (χ0n) is 11.0. The summed E-state index contributed by atoms with van der Waals surface area (Å²) in [5.41, 5.74) is 0. The van der Waals surface area contributed by atoms with Gasteiger partial charge in [0.2, 0.25) is 0 Å². The Morgan fingerprint density at radius 3 is 1.09 bits per heavy atom. The fraction of sp³-hybridized carbons (Fsp3) is 0. The van der Waals surface area contributed by atoms with Crippen molar-refractivity contribution in [2.24, 2.45) is 0 Å². The number of hydrogen-bond acceptors (Lipinski definition) is 1. The quantitative estimate of drug-likeness (QED) is 0.309. The highest BCUT2D eigenvalue weighted by atomic mass is 35.5. The summed E-state index contributed by atoms with van der Waals surface area (Å²) in [6, 6.07) is 16.7. The van der Waals surface area contributed by atoms with E-state index in [1.54, 1.807) is 0 Å². The van der Waals surface area contributed by atoms with E-state index in [1.807, 2.05) is 0 Å². The first-order chi connectivity index (χ1) is 10.4. The van der Waals surface area contributed by atoms with E-state index in [4.69, 9.17) is 58.0 Å². The molecular formula is C16H9Cl5O. The van der Waals surface area contributed by atoms with Crippen LogP contribution in [0.2, 0.25) is 25.1 Å². The molecule has 3 rings (SSSR count). The van der Waals surface area contributed by atoms with Crippen molar-refractivity contribution in [1.82, 2.24) is 0 Å². The highest BCUT2D eigenvalue weighted by molar-refractivity contribution is 6.55. The lowest BCUT2D eigenvalue weighted by Gasteiger charge is -2.06. The Labute approximate surface area is 152 Å². The molecule has 0 amide bonds. The van der Waals surface area contributed by atoms with Crippen LogP contribution in [-0.2, 0) is 0 Å². The van der Waals surface area contributed by atoms with Crippen molar-refractivity contribution in [2.45, 2.75) is 0 Å². The molecular weight excluding hydrogens is 385 g/mol. The van der Waals surface area contributed by atoms with Crippen LogP contribution in [0, 0.1) is 0 Å². The molecule has 1 N–H and O–H groups in total. The van der Waals surface area contributed by atoms with Crippen LogP contribution in [0.4, 0.5) is 0 Å². The van der Waals surface area contributed by atoms with E-state index < -0.39 is 0 Å². The SMILES string of the molecule is Oc1c(Cl)c(Cl)c(Cl)c(Cl)c1Cl.c1ccc2ccccc2c1. The van der Waals surface area contributed by atoms with Gasteiger partial charge < -0.3 is 5.11 Å². The molecule has 0 atom stereocenters. The van der Waals surface area contributed by atoms with Crippen molar-refractivity contribution in [2.75, 3.05) is 0 Å². The van der Waals surface area contributed by atoms with Gasteiger partial charge in [-0.3, -0.25) is 0 Å². The first kappa shape index (κ1) is 17.5. The lowest BCUT2D eigenvalue weighted by molar-refractivity contribution is 0.476. The second-order valence-corrected chi connectivity index (χ2v) is 6.16. The van der Waals surface area contributed by atoms with E-state index in [0.29, 0.717) is 0 Å². The highest BCUT2D eigenvalue weighted by Gasteiger charge is 2.18. The first-order valence-corrected chi connectivity index (χ1v) is 7.96. The Morgan fingerprint density at radius 1 is 0.500 bits per heavy atom. The summed E-state index contributed by atoms with van der Waals surface area (Å²) >= 11 is 27.9. The molecule has 0 radical (unpaired) electrons. The van der Waals surface area contributed by atoms with Gasteiger partial charge in [-0.25, -0.2) is 0 Å². The van der Waals surface area contributed by atoms with Gasteiger partial charge in [0.15, 0.2) is 5.75 Å². The summed E-state index contributed by atoms with van der Waals surface area (Å²) < 4.78 is 0. The van der Waals surface area contributed by atoms with Crippen molar-refractivity contribution in [3.63, 3.8) is 0 Å². The highest BCUT2D eigenvalue weighted by Crippen LogP contribution is 2.47. The van der Waals surface area contributed by atoms with Gasteiger partial charge in [-0.05, 0) is 10.8 Å². The van der Waals surface area contributed by atoms with Crippen LogP contribution in [-0.4, -0.2) is 5.11 Å². The maximum Gasteiger partial charge on any atom is 0.155 e. The molecule has 0 fully saturated rings. The van der Waals surface area contributed by atoms with Gasteiger partial charge in [-0.15, -0.1) is 0 Å². The average Bonchev–Trinajstić information content (AvgIpc) is 2.57. The fourth-order valence-corrected chi connectivity index (χ4v) is 2.85. The third-order valence-corrected chi connectivity index (χ3v) is 5.10. The zero-order chi connectivity index (χ0) is 16.3. The number of rotatable bonds is 0. The molecule has 3 aromatic carbocycles. The predicted octanol–water partition coefficient (Wildman–Crippen LogP) is 7.50. The van der Waals surface area contributed by atoms with E-state index >= 15 is 0 Å². The molecule has 0 saturated carbocycles. The molecule has 1 nitrogen and oxygen atoms in total. The maximum atomic E-state index is 9.20. The van der Waals surface area contributed by atoms with E-state index in [-0.39, 0.29) is 30.9 Å². The van der Waals surface area contributed by atoms with Gasteiger partial charge in [0.1, 0.15) is 10.0 Å². The Hall–Kier alpha value is -0.830. The number of hydrogen-bond donors (Lipinski definition) is 1. The molecule has 0 aliphatic heterocycles. The van der Waals surface area contributed by atoms with Crippen LogP contribution < -0.4 is 0 Å². The second-order valence-electron chi connectivity index (χ2n) is 4.27. The topological polar surface area (TPSA) is 20.2 Å². The summed E-state index contributed by atoms with van der Waals surface area (Å²) in [5, 5.41) is 11.6. The minimum absolute atomic E-state index is 0.00904. The standard InChI is InChI=1S/C10H8.C6HCl5O/c1-2-6-10-8-4-3-7-9(10)5-1;7-1-2(8)4(10)6(12)5(11)3(1)9/h1-8H;12H. The molecule has 6 heteroatoms. The number of aromatic hydroxyl groups is 1. The second kappa shape index (κ2) is 7.63. The van der Waals surface area contributed by atoms with Gasteiger partial charge in [0.25, 0.3) is 0 Å². The summed E-state index contributed by atoms with van der Waals surface area (Å²) in [7, 11) is 0. The van der Waals surface area contributed by atoms with Gasteiger partial charge in [-0.2, -0.15) is 0 Å². The Morgan fingerprint density at radius 2 is 0.773 bits per heavy atom. The number of benzene rings is 3. The van der Waals surface area contributed by atoms with Crippen LogP contribution in [0.25, 0.3) is 10.8 Å². The smallest absolute Gasteiger partial charge is 0.155 e. The fourth-order valence-electron chi connectivity index (χ4n) is 1.73. The molecule has 3 aromatic rings. The maximum absolute atomic E-state index is 9.20. The molecule has 0 spiro atoms. The minimum Gasteiger partial charge on any atom is -0.505 e. The lowest BCUT2D eigenvalue weighted by atomic mass is 10.1. The van der Waals surface area contributed by atoms with Crippen molar-refractivity contribution < 1.29 is 5.11 Å². The molecule has 0 aliphatic carbocycles. The molecule has 114 valence electrons. The summed E-state index contributed by atoms with van der Waals surface area (Å²) in [5.74, 6) is -0.363. The largest absolute Gasteiger partial charge is 0.505 e. The molecule has 0 bridgehead atoms. The van der Waals surface area contributed by atoms with E-state index in [1.165, 1.54) is 10.8 Å². The molecule has 0 aromatic heterocycles. The van der Waals surface area contributed by atoms with Crippen LogP contribution in [0.15, 0.2) is 48.5 Å². The number of phenols is 1. The normalized spacial score (nSPS) is 10.2. The number of phenolic OH excluding ortho intramolecular Hbond substituents is 1. The third-order valence-electron chi connectivity index (χ3n) is 2.85. The Kier molecular flexibility index (Phi) is 6.08. The summed E-state index contributed by atoms with van der Waals surface area (Å²) in [6.07, 6.45) is 0. The van der Waals surface area contributed by atoms with Gasteiger partial charge in [-0.1, -0.05) is 107 Å².